The first kappa shape index (κ1) is 15.1. The summed E-state index contributed by atoms with van der Waals surface area (Å²) in [4.78, 5) is 29.7. The summed E-state index contributed by atoms with van der Waals surface area (Å²) in [5.41, 5.74) is 2.46. The van der Waals surface area contributed by atoms with Gasteiger partial charge in [0.2, 0.25) is 5.91 Å². The highest BCUT2D eigenvalue weighted by Crippen LogP contribution is 2.40. The van der Waals surface area contributed by atoms with E-state index < -0.39 is 6.04 Å². The van der Waals surface area contributed by atoms with Crippen molar-refractivity contribution >= 4 is 22.7 Å². The van der Waals surface area contributed by atoms with Crippen LogP contribution in [-0.2, 0) is 4.79 Å². The van der Waals surface area contributed by atoms with Crippen LogP contribution in [0.4, 0.5) is 0 Å². The molecule has 5 heteroatoms. The number of nitrogens with one attached hydrogen (secondary N) is 2. The number of hydrogen-bond donors (Lipinski definition) is 2. The molecule has 24 heavy (non-hydrogen) atoms. The lowest BCUT2D eigenvalue weighted by Crippen LogP contribution is -2.45. The van der Waals surface area contributed by atoms with E-state index in [1.165, 1.54) is 0 Å². The summed E-state index contributed by atoms with van der Waals surface area (Å²) < 4.78 is 0. The van der Waals surface area contributed by atoms with Crippen LogP contribution in [0.15, 0.2) is 30.3 Å². The predicted molar refractivity (Wildman–Crippen MR) is 91.8 cm³/mol. The molecule has 5 nitrogen and oxygen atoms in total. The van der Waals surface area contributed by atoms with Gasteiger partial charge < -0.3 is 10.6 Å². The van der Waals surface area contributed by atoms with E-state index in [0.717, 1.165) is 42.3 Å². The number of carbonyl (C=O) groups is 2. The molecule has 2 fully saturated rings. The lowest BCUT2D eigenvalue weighted by atomic mass is 10.0. The standard InChI is InChI=1S/C19H21N3O2/c23-18(22-16-7-3-4-10-20-19(16)24)14-11-17(12-8-9-12)21-15-6-2-1-5-13(14)15/h1-2,5-6,11-12,16H,3-4,7-10H2,(H,20,24)(H,22,23)/t16-/m1/s1. The molecule has 1 aliphatic carbocycles. The molecular formula is C19H21N3O2. The zero-order valence-corrected chi connectivity index (χ0v) is 13.5. The Labute approximate surface area is 140 Å². The van der Waals surface area contributed by atoms with E-state index in [4.69, 9.17) is 4.98 Å². The summed E-state index contributed by atoms with van der Waals surface area (Å²) in [6.45, 7) is 0.690. The van der Waals surface area contributed by atoms with Crippen molar-refractivity contribution in [1.82, 2.24) is 15.6 Å². The first-order chi connectivity index (χ1) is 11.7. The minimum Gasteiger partial charge on any atom is -0.354 e. The van der Waals surface area contributed by atoms with Crippen LogP contribution in [0.1, 0.15) is 54.1 Å². The summed E-state index contributed by atoms with van der Waals surface area (Å²) in [6.07, 6.45) is 4.86. The van der Waals surface area contributed by atoms with E-state index in [2.05, 4.69) is 10.6 Å². The van der Waals surface area contributed by atoms with Gasteiger partial charge in [0.05, 0.1) is 11.1 Å². The first-order valence-corrected chi connectivity index (χ1v) is 8.70. The number of benzene rings is 1. The molecular weight excluding hydrogens is 302 g/mol. The van der Waals surface area contributed by atoms with Gasteiger partial charge in [0.25, 0.3) is 5.91 Å². The number of aromatic nitrogens is 1. The predicted octanol–water partition coefficient (Wildman–Crippen LogP) is 2.51. The SMILES string of the molecule is O=C(N[C@@H]1CCCCNC1=O)c1cc(C2CC2)nc2ccccc12. The Bertz CT molecular complexity index is 798. The largest absolute Gasteiger partial charge is 0.354 e. The van der Waals surface area contributed by atoms with Gasteiger partial charge in [0, 0.05) is 23.5 Å². The highest BCUT2D eigenvalue weighted by Gasteiger charge is 2.28. The minimum atomic E-state index is -0.448. The third-order valence-electron chi connectivity index (χ3n) is 4.82. The first-order valence-electron chi connectivity index (χ1n) is 8.70. The number of nitrogens with zero attached hydrogens (tertiary/aromatic N) is 1. The molecule has 2 aliphatic rings. The van der Waals surface area contributed by atoms with Crippen LogP contribution in [0.25, 0.3) is 10.9 Å². The molecule has 124 valence electrons. The maximum Gasteiger partial charge on any atom is 0.252 e. The minimum absolute atomic E-state index is 0.0818. The lowest BCUT2D eigenvalue weighted by molar-refractivity contribution is -0.122. The van der Waals surface area contributed by atoms with Crippen molar-refractivity contribution in [1.29, 1.82) is 0 Å². The second-order valence-corrected chi connectivity index (χ2v) is 6.70. The lowest BCUT2D eigenvalue weighted by Gasteiger charge is -2.16. The van der Waals surface area contributed by atoms with E-state index >= 15 is 0 Å². The maximum atomic E-state index is 12.9. The Morgan fingerprint density at radius 1 is 1.17 bits per heavy atom. The van der Waals surface area contributed by atoms with Gasteiger partial charge in [-0.3, -0.25) is 14.6 Å². The third-order valence-corrected chi connectivity index (χ3v) is 4.82. The van der Waals surface area contributed by atoms with Gasteiger partial charge in [-0.05, 0) is 44.2 Å². The van der Waals surface area contributed by atoms with Crippen LogP contribution in [0.3, 0.4) is 0 Å². The fourth-order valence-electron chi connectivity index (χ4n) is 3.29. The molecule has 2 heterocycles. The van der Waals surface area contributed by atoms with Crippen LogP contribution in [0.5, 0.6) is 0 Å². The molecule has 4 rings (SSSR count). The highest BCUT2D eigenvalue weighted by atomic mass is 16.2. The average Bonchev–Trinajstić information content (AvgIpc) is 3.44. The zero-order valence-electron chi connectivity index (χ0n) is 13.5. The van der Waals surface area contributed by atoms with Crippen LogP contribution in [0.2, 0.25) is 0 Å². The van der Waals surface area contributed by atoms with Gasteiger partial charge >= 0.3 is 0 Å². The summed E-state index contributed by atoms with van der Waals surface area (Å²) >= 11 is 0. The summed E-state index contributed by atoms with van der Waals surface area (Å²) in [5, 5.41) is 6.63. The smallest absolute Gasteiger partial charge is 0.252 e. The second-order valence-electron chi connectivity index (χ2n) is 6.70. The zero-order chi connectivity index (χ0) is 16.5. The van der Waals surface area contributed by atoms with Crippen molar-refractivity contribution in [2.75, 3.05) is 6.54 Å². The fraction of sp³-hybridized carbons (Fsp3) is 0.421. The van der Waals surface area contributed by atoms with Crippen LogP contribution in [-0.4, -0.2) is 29.4 Å². The molecule has 2 N–H and O–H groups in total. The Morgan fingerprint density at radius 2 is 2.00 bits per heavy atom. The van der Waals surface area contributed by atoms with Crippen molar-refractivity contribution < 1.29 is 9.59 Å². The monoisotopic (exact) mass is 323 g/mol. The van der Waals surface area contributed by atoms with Crippen molar-refractivity contribution in [3.8, 4) is 0 Å². The molecule has 1 saturated carbocycles. The Hall–Kier alpha value is -2.43. The molecule has 0 unspecified atom stereocenters. The average molecular weight is 323 g/mol. The molecule has 1 aliphatic heterocycles. The maximum absolute atomic E-state index is 12.9. The molecule has 0 bridgehead atoms. The molecule has 1 saturated heterocycles. The van der Waals surface area contributed by atoms with Crippen LogP contribution in [0, 0.1) is 0 Å². The fourth-order valence-corrected chi connectivity index (χ4v) is 3.29. The van der Waals surface area contributed by atoms with Crippen molar-refractivity contribution in [2.24, 2.45) is 0 Å². The number of rotatable bonds is 3. The molecule has 1 atom stereocenters. The number of amides is 2. The second kappa shape index (κ2) is 6.23. The topological polar surface area (TPSA) is 71.1 Å². The van der Waals surface area contributed by atoms with Gasteiger partial charge in [-0.1, -0.05) is 18.2 Å². The van der Waals surface area contributed by atoms with Gasteiger partial charge in [0.1, 0.15) is 6.04 Å². The van der Waals surface area contributed by atoms with E-state index in [1.54, 1.807) is 0 Å². The summed E-state index contributed by atoms with van der Waals surface area (Å²) in [7, 11) is 0. The highest BCUT2D eigenvalue weighted by molar-refractivity contribution is 6.07. The summed E-state index contributed by atoms with van der Waals surface area (Å²) in [6, 6.07) is 9.17. The summed E-state index contributed by atoms with van der Waals surface area (Å²) in [5.74, 6) is 0.210. The van der Waals surface area contributed by atoms with Crippen LogP contribution < -0.4 is 10.6 Å². The van der Waals surface area contributed by atoms with Crippen molar-refractivity contribution in [3.05, 3.63) is 41.6 Å². The number of hydrogen-bond acceptors (Lipinski definition) is 3. The van der Waals surface area contributed by atoms with Crippen LogP contribution >= 0.6 is 0 Å². The normalized spacial score (nSPS) is 21.2. The van der Waals surface area contributed by atoms with E-state index in [1.807, 2.05) is 30.3 Å². The van der Waals surface area contributed by atoms with E-state index in [-0.39, 0.29) is 11.8 Å². The Balaban J connectivity index is 1.66. The number of fused-ring (bicyclic) bond motifs is 1. The molecule has 1 aromatic carbocycles. The third kappa shape index (κ3) is 2.98. The van der Waals surface area contributed by atoms with Gasteiger partial charge in [-0.15, -0.1) is 0 Å². The Morgan fingerprint density at radius 3 is 2.83 bits per heavy atom. The molecule has 2 amide bonds. The van der Waals surface area contributed by atoms with E-state index in [9.17, 15) is 9.59 Å². The van der Waals surface area contributed by atoms with Crippen molar-refractivity contribution in [3.63, 3.8) is 0 Å². The number of pyridine rings is 1. The number of carbonyl (C=O) groups excluding carboxylic acids is 2. The molecule has 0 spiro atoms. The number of para-hydroxylation sites is 1. The van der Waals surface area contributed by atoms with Gasteiger partial charge in [-0.2, -0.15) is 0 Å². The van der Waals surface area contributed by atoms with Crippen molar-refractivity contribution in [2.45, 2.75) is 44.1 Å². The molecule has 2 aromatic rings. The van der Waals surface area contributed by atoms with Gasteiger partial charge in [0.15, 0.2) is 0 Å². The molecule has 1 aromatic heterocycles. The quantitative estimate of drug-likeness (QED) is 0.912. The Kier molecular flexibility index (Phi) is 3.92. The van der Waals surface area contributed by atoms with Gasteiger partial charge in [-0.25, -0.2) is 0 Å². The molecule has 0 radical (unpaired) electrons. The van der Waals surface area contributed by atoms with E-state index in [0.29, 0.717) is 24.4 Å².